The number of rotatable bonds is 5. The number of hydrogen-bond acceptors (Lipinski definition) is 5. The zero-order valence-corrected chi connectivity index (χ0v) is 20.8. The monoisotopic (exact) mass is 490 g/mol. The zero-order valence-electron chi connectivity index (χ0n) is 20.1. The fourth-order valence-electron chi connectivity index (χ4n) is 4.16. The Morgan fingerprint density at radius 2 is 1.83 bits per heavy atom. The van der Waals surface area contributed by atoms with E-state index in [0.717, 1.165) is 5.56 Å². The first-order valence-corrected chi connectivity index (χ1v) is 11.8. The number of anilines is 1. The number of aliphatic hydroxyl groups is 1. The van der Waals surface area contributed by atoms with E-state index in [9.17, 15) is 14.7 Å². The standard InChI is InChI=1S/C28H27ClN2O4/c1-5-35-20-12-13-22(29)21(15-20)25(32)23-24(17-7-6-14-30-16-17)31(27(34)26(23)33)19-10-8-18(9-11-19)28(2,3)4/h6-16,24,32H,5H2,1-4H3/b25-23+. The molecule has 4 rings (SSSR count). The summed E-state index contributed by atoms with van der Waals surface area (Å²) >= 11 is 6.39. The van der Waals surface area contributed by atoms with Crippen LogP contribution in [0.3, 0.4) is 0 Å². The number of carbonyl (C=O) groups is 2. The maximum Gasteiger partial charge on any atom is 0.300 e. The van der Waals surface area contributed by atoms with Crippen molar-refractivity contribution in [3.63, 3.8) is 0 Å². The summed E-state index contributed by atoms with van der Waals surface area (Å²) in [5.74, 6) is -1.41. The Balaban J connectivity index is 1.90. The van der Waals surface area contributed by atoms with Crippen LogP contribution in [0.25, 0.3) is 5.76 Å². The van der Waals surface area contributed by atoms with Gasteiger partial charge in [-0.1, -0.05) is 50.6 Å². The van der Waals surface area contributed by atoms with Gasteiger partial charge in [-0.3, -0.25) is 19.5 Å². The molecule has 2 heterocycles. The summed E-state index contributed by atoms with van der Waals surface area (Å²) in [4.78, 5) is 32.2. The number of hydrogen-bond donors (Lipinski definition) is 1. The first kappa shape index (κ1) is 24.5. The van der Waals surface area contributed by atoms with E-state index >= 15 is 0 Å². The fourth-order valence-corrected chi connectivity index (χ4v) is 4.37. The highest BCUT2D eigenvalue weighted by atomic mass is 35.5. The van der Waals surface area contributed by atoms with Crippen LogP contribution in [0, 0.1) is 0 Å². The molecule has 1 aliphatic rings. The van der Waals surface area contributed by atoms with E-state index in [-0.39, 0.29) is 27.3 Å². The molecule has 1 atom stereocenters. The number of Topliss-reactive ketones (excluding diaryl/α,β-unsaturated/α-hetero) is 1. The molecule has 0 aliphatic carbocycles. The average molecular weight is 491 g/mol. The number of nitrogens with zero attached hydrogens (tertiary/aromatic N) is 2. The number of benzene rings is 2. The summed E-state index contributed by atoms with van der Waals surface area (Å²) in [6.07, 6.45) is 3.19. The minimum atomic E-state index is -0.879. The minimum absolute atomic E-state index is 0.0570. The molecule has 1 N–H and O–H groups in total. The van der Waals surface area contributed by atoms with Gasteiger partial charge in [0.05, 0.1) is 23.2 Å². The predicted molar refractivity (Wildman–Crippen MR) is 137 cm³/mol. The number of aromatic nitrogens is 1. The smallest absolute Gasteiger partial charge is 0.300 e. The Bertz CT molecular complexity index is 1290. The number of amides is 1. The molecular weight excluding hydrogens is 464 g/mol. The van der Waals surface area contributed by atoms with Crippen LogP contribution < -0.4 is 9.64 Å². The van der Waals surface area contributed by atoms with Gasteiger partial charge < -0.3 is 9.84 Å². The van der Waals surface area contributed by atoms with E-state index in [1.54, 1.807) is 42.7 Å². The predicted octanol–water partition coefficient (Wildman–Crippen LogP) is 6.06. The quantitative estimate of drug-likeness (QED) is 0.267. The molecule has 1 amide bonds. The van der Waals surface area contributed by atoms with E-state index in [0.29, 0.717) is 23.6 Å². The molecule has 0 radical (unpaired) electrons. The largest absolute Gasteiger partial charge is 0.507 e. The molecule has 180 valence electrons. The molecule has 6 nitrogen and oxygen atoms in total. The van der Waals surface area contributed by atoms with Crippen LogP contribution in [0.5, 0.6) is 5.75 Å². The lowest BCUT2D eigenvalue weighted by atomic mass is 9.87. The van der Waals surface area contributed by atoms with Crippen molar-refractivity contribution in [1.82, 2.24) is 4.98 Å². The SMILES string of the molecule is CCOc1ccc(Cl)c(/C(O)=C2\C(=O)C(=O)N(c3ccc(C(C)(C)C)cc3)C2c2cccnc2)c1. The number of pyridine rings is 1. The lowest BCUT2D eigenvalue weighted by Gasteiger charge is -2.26. The number of carbonyl (C=O) groups excluding carboxylic acids is 2. The minimum Gasteiger partial charge on any atom is -0.507 e. The van der Waals surface area contributed by atoms with Crippen molar-refractivity contribution in [2.24, 2.45) is 0 Å². The molecule has 1 saturated heterocycles. The maximum absolute atomic E-state index is 13.3. The van der Waals surface area contributed by atoms with Crippen molar-refractivity contribution in [1.29, 1.82) is 0 Å². The van der Waals surface area contributed by atoms with Crippen LogP contribution in [-0.2, 0) is 15.0 Å². The number of ether oxygens (including phenoxy) is 1. The number of ketones is 1. The molecular formula is C28H27ClN2O4. The highest BCUT2D eigenvalue weighted by Gasteiger charge is 2.47. The molecule has 0 spiro atoms. The van der Waals surface area contributed by atoms with E-state index in [2.05, 4.69) is 25.8 Å². The van der Waals surface area contributed by atoms with Crippen molar-refractivity contribution in [3.8, 4) is 5.75 Å². The van der Waals surface area contributed by atoms with Crippen LogP contribution in [0.4, 0.5) is 5.69 Å². The zero-order chi connectivity index (χ0) is 25.3. The highest BCUT2D eigenvalue weighted by molar-refractivity contribution is 6.52. The Morgan fingerprint density at radius 1 is 1.11 bits per heavy atom. The average Bonchev–Trinajstić information content (AvgIpc) is 3.10. The Labute approximate surface area is 209 Å². The molecule has 1 aliphatic heterocycles. The Kier molecular flexibility index (Phi) is 6.68. The van der Waals surface area contributed by atoms with E-state index in [1.165, 1.54) is 4.90 Å². The van der Waals surface area contributed by atoms with Gasteiger partial charge in [0.1, 0.15) is 11.5 Å². The topological polar surface area (TPSA) is 79.7 Å². The molecule has 1 fully saturated rings. The summed E-state index contributed by atoms with van der Waals surface area (Å²) in [5, 5.41) is 11.6. The van der Waals surface area contributed by atoms with Gasteiger partial charge in [0, 0.05) is 23.6 Å². The van der Waals surface area contributed by atoms with Gasteiger partial charge in [-0.2, -0.15) is 0 Å². The van der Waals surface area contributed by atoms with Crippen LogP contribution in [0.2, 0.25) is 5.02 Å². The lowest BCUT2D eigenvalue weighted by molar-refractivity contribution is -0.132. The van der Waals surface area contributed by atoms with E-state index < -0.39 is 17.7 Å². The second-order valence-corrected chi connectivity index (χ2v) is 9.73. The van der Waals surface area contributed by atoms with Gasteiger partial charge >= 0.3 is 0 Å². The van der Waals surface area contributed by atoms with Crippen LogP contribution in [0.15, 0.2) is 72.6 Å². The molecule has 0 saturated carbocycles. The third-order valence-electron chi connectivity index (χ3n) is 5.96. The van der Waals surface area contributed by atoms with Crippen LogP contribution in [-0.4, -0.2) is 28.4 Å². The maximum atomic E-state index is 13.3. The number of halogens is 1. The summed E-state index contributed by atoms with van der Waals surface area (Å²) in [6, 6.07) is 15.0. The van der Waals surface area contributed by atoms with Crippen LogP contribution in [0.1, 0.15) is 50.4 Å². The first-order chi connectivity index (χ1) is 16.6. The second-order valence-electron chi connectivity index (χ2n) is 9.33. The van der Waals surface area contributed by atoms with Crippen molar-refractivity contribution in [2.75, 3.05) is 11.5 Å². The summed E-state index contributed by atoms with van der Waals surface area (Å²) < 4.78 is 5.54. The lowest BCUT2D eigenvalue weighted by Crippen LogP contribution is -2.29. The third-order valence-corrected chi connectivity index (χ3v) is 6.29. The molecule has 35 heavy (non-hydrogen) atoms. The van der Waals surface area contributed by atoms with Crippen LogP contribution >= 0.6 is 11.6 Å². The normalized spacial score (nSPS) is 17.6. The van der Waals surface area contributed by atoms with Crippen molar-refractivity contribution >= 4 is 34.7 Å². The third kappa shape index (κ3) is 4.66. The Morgan fingerprint density at radius 3 is 2.43 bits per heavy atom. The van der Waals surface area contributed by atoms with Crippen molar-refractivity contribution in [2.45, 2.75) is 39.2 Å². The fraction of sp³-hybridized carbons (Fsp3) is 0.250. The van der Waals surface area contributed by atoms with Crippen molar-refractivity contribution in [3.05, 3.63) is 94.3 Å². The molecule has 3 aromatic rings. The molecule has 2 aromatic carbocycles. The van der Waals surface area contributed by atoms with Gasteiger partial charge in [0.2, 0.25) is 0 Å². The van der Waals surface area contributed by atoms with E-state index in [4.69, 9.17) is 16.3 Å². The van der Waals surface area contributed by atoms with E-state index in [1.807, 2.05) is 31.2 Å². The molecule has 1 unspecified atom stereocenters. The summed E-state index contributed by atoms with van der Waals surface area (Å²) in [5.41, 5.74) is 2.31. The Hall–Kier alpha value is -3.64. The van der Waals surface area contributed by atoms with Crippen molar-refractivity contribution < 1.29 is 19.4 Å². The molecule has 0 bridgehead atoms. The molecule has 1 aromatic heterocycles. The molecule has 7 heteroatoms. The highest BCUT2D eigenvalue weighted by Crippen LogP contribution is 2.43. The van der Waals surface area contributed by atoms with Gasteiger partial charge in [0.25, 0.3) is 11.7 Å². The first-order valence-electron chi connectivity index (χ1n) is 11.4. The second kappa shape index (κ2) is 9.55. The summed E-state index contributed by atoms with van der Waals surface area (Å²) in [6.45, 7) is 8.57. The van der Waals surface area contributed by atoms with Gasteiger partial charge in [0.15, 0.2) is 0 Å². The van der Waals surface area contributed by atoms with Gasteiger partial charge in [-0.15, -0.1) is 0 Å². The number of aliphatic hydroxyl groups excluding tert-OH is 1. The van der Waals surface area contributed by atoms with Gasteiger partial charge in [-0.25, -0.2) is 0 Å². The summed E-state index contributed by atoms with van der Waals surface area (Å²) in [7, 11) is 0. The van der Waals surface area contributed by atoms with Gasteiger partial charge in [-0.05, 0) is 59.9 Å².